The van der Waals surface area contributed by atoms with Crippen LogP contribution in [0.15, 0.2) is 42.1 Å². The van der Waals surface area contributed by atoms with Crippen molar-refractivity contribution in [2.75, 3.05) is 0 Å². The van der Waals surface area contributed by atoms with E-state index >= 15 is 0 Å². The fourth-order valence-corrected chi connectivity index (χ4v) is 1.10. The zero-order valence-corrected chi connectivity index (χ0v) is 8.04. The lowest BCUT2D eigenvalue weighted by Crippen LogP contribution is -1.97. The smallest absolute Gasteiger partial charge is 0.107 e. The lowest BCUT2D eigenvalue weighted by atomic mass is 10.0. The first-order chi connectivity index (χ1) is 6.15. The minimum absolute atomic E-state index is 0.571. The van der Waals surface area contributed by atoms with Crippen molar-refractivity contribution in [2.24, 2.45) is 0 Å². The van der Waals surface area contributed by atoms with Gasteiger partial charge in [-0.25, -0.2) is 0 Å². The molecule has 1 atom stereocenters. The van der Waals surface area contributed by atoms with Gasteiger partial charge in [0.05, 0.1) is 0 Å². The Morgan fingerprint density at radius 3 is 2.38 bits per heavy atom. The summed E-state index contributed by atoms with van der Waals surface area (Å²) < 4.78 is 0. The average Bonchev–Trinajstić information content (AvgIpc) is 2.17. The third kappa shape index (κ3) is 2.32. The minimum atomic E-state index is -0.571. The van der Waals surface area contributed by atoms with Gasteiger partial charge in [-0.05, 0) is 19.4 Å². The zero-order chi connectivity index (χ0) is 9.84. The Balaban J connectivity index is 2.96. The van der Waals surface area contributed by atoms with Crippen molar-refractivity contribution in [3.63, 3.8) is 0 Å². The predicted molar refractivity (Wildman–Crippen MR) is 54.5 cm³/mol. The lowest BCUT2D eigenvalue weighted by Gasteiger charge is -2.09. The average molecular weight is 174 g/mol. The van der Waals surface area contributed by atoms with Crippen molar-refractivity contribution in [1.29, 1.82) is 0 Å². The molecule has 0 aliphatic rings. The van der Waals surface area contributed by atoms with Crippen molar-refractivity contribution >= 4 is 0 Å². The van der Waals surface area contributed by atoms with Crippen molar-refractivity contribution < 1.29 is 5.11 Å². The number of aryl methyl sites for hydroxylation is 1. The summed E-state index contributed by atoms with van der Waals surface area (Å²) in [5.74, 6) is 0. The first-order valence-electron chi connectivity index (χ1n) is 4.26. The number of aliphatic hydroxyl groups excluding tert-OH is 1. The number of hydrogen-bond donors (Lipinski definition) is 1. The van der Waals surface area contributed by atoms with E-state index in [1.807, 2.05) is 38.1 Å². The van der Waals surface area contributed by atoms with Gasteiger partial charge in [0.15, 0.2) is 0 Å². The van der Waals surface area contributed by atoms with Crippen LogP contribution in [0.3, 0.4) is 0 Å². The van der Waals surface area contributed by atoms with Gasteiger partial charge < -0.3 is 5.11 Å². The zero-order valence-electron chi connectivity index (χ0n) is 8.04. The van der Waals surface area contributed by atoms with E-state index in [9.17, 15) is 5.11 Å². The molecule has 0 aliphatic heterocycles. The van der Waals surface area contributed by atoms with Gasteiger partial charge in [0.25, 0.3) is 0 Å². The molecular weight excluding hydrogens is 160 g/mol. The fourth-order valence-electron chi connectivity index (χ4n) is 1.10. The van der Waals surface area contributed by atoms with Gasteiger partial charge in [-0.1, -0.05) is 36.4 Å². The molecule has 0 aromatic heterocycles. The SMILES string of the molecule is C=C=C(C)[C@H](O)c1ccc(C)cc1. The van der Waals surface area contributed by atoms with Crippen LogP contribution in [0.5, 0.6) is 0 Å². The van der Waals surface area contributed by atoms with Crippen LogP contribution in [-0.2, 0) is 0 Å². The molecule has 1 nitrogen and oxygen atoms in total. The maximum atomic E-state index is 9.74. The molecule has 0 unspecified atom stereocenters. The minimum Gasteiger partial charge on any atom is -0.383 e. The molecule has 1 aromatic rings. The van der Waals surface area contributed by atoms with Crippen molar-refractivity contribution in [3.05, 3.63) is 53.3 Å². The van der Waals surface area contributed by atoms with Gasteiger partial charge in [-0.15, -0.1) is 5.73 Å². The molecule has 13 heavy (non-hydrogen) atoms. The van der Waals surface area contributed by atoms with Gasteiger partial charge >= 0.3 is 0 Å². The van der Waals surface area contributed by atoms with Gasteiger partial charge in [-0.3, -0.25) is 0 Å². The first-order valence-corrected chi connectivity index (χ1v) is 4.26. The molecular formula is C12H14O. The maximum absolute atomic E-state index is 9.74. The van der Waals surface area contributed by atoms with Crippen LogP contribution < -0.4 is 0 Å². The lowest BCUT2D eigenvalue weighted by molar-refractivity contribution is 0.216. The van der Waals surface area contributed by atoms with Crippen LogP contribution in [0.2, 0.25) is 0 Å². The Bertz CT molecular complexity index is 329. The maximum Gasteiger partial charge on any atom is 0.107 e. The van der Waals surface area contributed by atoms with E-state index in [0.29, 0.717) is 0 Å². The van der Waals surface area contributed by atoms with Crippen LogP contribution >= 0.6 is 0 Å². The highest BCUT2D eigenvalue weighted by atomic mass is 16.3. The fraction of sp³-hybridized carbons (Fsp3) is 0.250. The molecule has 0 aliphatic carbocycles. The molecule has 68 valence electrons. The Morgan fingerprint density at radius 1 is 1.38 bits per heavy atom. The molecule has 1 heteroatoms. The number of hydrogen-bond acceptors (Lipinski definition) is 1. The summed E-state index contributed by atoms with van der Waals surface area (Å²) in [7, 11) is 0. The standard InChI is InChI=1S/C12H14O/c1-4-10(3)12(13)11-7-5-9(2)6-8-11/h5-8,12-13H,1H2,2-3H3/t12-/m0/s1. The van der Waals surface area contributed by atoms with Crippen LogP contribution in [-0.4, -0.2) is 5.11 Å². The summed E-state index contributed by atoms with van der Waals surface area (Å²) in [5.41, 5.74) is 5.53. The quantitative estimate of drug-likeness (QED) is 0.683. The molecule has 1 N–H and O–H groups in total. The van der Waals surface area contributed by atoms with Crippen molar-refractivity contribution in [1.82, 2.24) is 0 Å². The predicted octanol–water partition coefficient (Wildman–Crippen LogP) is 2.76. The number of rotatable bonds is 2. The van der Waals surface area contributed by atoms with E-state index in [4.69, 9.17) is 0 Å². The van der Waals surface area contributed by atoms with Crippen molar-refractivity contribution in [3.8, 4) is 0 Å². The molecule has 1 aromatic carbocycles. The second-order valence-corrected chi connectivity index (χ2v) is 3.17. The normalized spacial score (nSPS) is 11.9. The Kier molecular flexibility index (Phi) is 3.07. The monoisotopic (exact) mass is 174 g/mol. The molecule has 1 rings (SSSR count). The highest BCUT2D eigenvalue weighted by Crippen LogP contribution is 2.20. The Morgan fingerprint density at radius 2 is 1.92 bits per heavy atom. The largest absolute Gasteiger partial charge is 0.383 e. The van der Waals surface area contributed by atoms with Crippen LogP contribution in [0, 0.1) is 6.92 Å². The van der Waals surface area contributed by atoms with E-state index in [2.05, 4.69) is 12.3 Å². The molecule has 0 saturated carbocycles. The first kappa shape index (κ1) is 9.79. The second kappa shape index (κ2) is 4.08. The van der Waals surface area contributed by atoms with Crippen LogP contribution in [0.4, 0.5) is 0 Å². The highest BCUT2D eigenvalue weighted by molar-refractivity contribution is 5.27. The molecule has 0 bridgehead atoms. The summed E-state index contributed by atoms with van der Waals surface area (Å²) in [6, 6.07) is 7.80. The van der Waals surface area contributed by atoms with Gasteiger partial charge in [-0.2, -0.15) is 0 Å². The van der Waals surface area contributed by atoms with Gasteiger partial charge in [0, 0.05) is 5.57 Å². The Hall–Kier alpha value is -1.30. The van der Waals surface area contributed by atoms with E-state index in [1.54, 1.807) is 0 Å². The summed E-state index contributed by atoms with van der Waals surface area (Å²) >= 11 is 0. The molecule has 0 fully saturated rings. The summed E-state index contributed by atoms with van der Waals surface area (Å²) in [4.78, 5) is 0. The molecule has 0 heterocycles. The molecule has 0 saturated heterocycles. The van der Waals surface area contributed by atoms with Crippen LogP contribution in [0.1, 0.15) is 24.2 Å². The van der Waals surface area contributed by atoms with Gasteiger partial charge in [0.1, 0.15) is 6.10 Å². The number of benzene rings is 1. The molecule has 0 radical (unpaired) electrons. The van der Waals surface area contributed by atoms with E-state index in [-0.39, 0.29) is 0 Å². The van der Waals surface area contributed by atoms with Crippen LogP contribution in [0.25, 0.3) is 0 Å². The summed E-state index contributed by atoms with van der Waals surface area (Å²) in [6.07, 6.45) is -0.571. The highest BCUT2D eigenvalue weighted by Gasteiger charge is 2.07. The van der Waals surface area contributed by atoms with Gasteiger partial charge in [0.2, 0.25) is 0 Å². The van der Waals surface area contributed by atoms with E-state index < -0.39 is 6.10 Å². The molecule has 0 spiro atoms. The number of aliphatic hydroxyl groups is 1. The van der Waals surface area contributed by atoms with E-state index in [0.717, 1.165) is 11.1 Å². The summed E-state index contributed by atoms with van der Waals surface area (Å²) in [5, 5.41) is 9.74. The second-order valence-electron chi connectivity index (χ2n) is 3.17. The van der Waals surface area contributed by atoms with E-state index in [1.165, 1.54) is 5.56 Å². The third-order valence-corrected chi connectivity index (χ3v) is 2.08. The summed E-state index contributed by atoms with van der Waals surface area (Å²) in [6.45, 7) is 7.34. The Labute approximate surface area is 79.0 Å². The molecule has 0 amide bonds. The topological polar surface area (TPSA) is 20.2 Å². The third-order valence-electron chi connectivity index (χ3n) is 2.08. The van der Waals surface area contributed by atoms with Crippen molar-refractivity contribution in [2.45, 2.75) is 20.0 Å².